The summed E-state index contributed by atoms with van der Waals surface area (Å²) in [7, 11) is 0. The van der Waals surface area contributed by atoms with Crippen LogP contribution in [0.5, 0.6) is 5.75 Å². The van der Waals surface area contributed by atoms with Crippen molar-refractivity contribution in [3.63, 3.8) is 0 Å². The van der Waals surface area contributed by atoms with Crippen LogP contribution in [-0.4, -0.2) is 30.6 Å². The predicted molar refractivity (Wildman–Crippen MR) is 96.6 cm³/mol. The van der Waals surface area contributed by atoms with Gasteiger partial charge in [0, 0.05) is 6.04 Å². The fraction of sp³-hybridized carbons (Fsp3) is 0.600. The van der Waals surface area contributed by atoms with Crippen LogP contribution in [-0.2, 0) is 14.3 Å². The molecule has 1 aliphatic carbocycles. The minimum absolute atomic E-state index is 0.197. The molecule has 0 saturated heterocycles. The van der Waals surface area contributed by atoms with Crippen molar-refractivity contribution in [2.24, 2.45) is 0 Å². The first-order valence-corrected chi connectivity index (χ1v) is 9.16. The number of carbonyl (C=O) groups is 2. The fourth-order valence-corrected chi connectivity index (χ4v) is 3.04. The molecule has 1 N–H and O–H groups in total. The molecular weight excluding hydrogens is 318 g/mol. The van der Waals surface area contributed by atoms with E-state index >= 15 is 0 Å². The molecule has 1 saturated carbocycles. The molecule has 0 spiro atoms. The van der Waals surface area contributed by atoms with Gasteiger partial charge < -0.3 is 14.8 Å². The number of amides is 1. The molecule has 0 aliphatic heterocycles. The summed E-state index contributed by atoms with van der Waals surface area (Å²) in [4.78, 5) is 24.2. The Kier molecular flexibility index (Phi) is 7.29. The summed E-state index contributed by atoms with van der Waals surface area (Å²) in [6, 6.07) is 5.88. The first kappa shape index (κ1) is 19.3. The van der Waals surface area contributed by atoms with E-state index in [1.54, 1.807) is 6.92 Å². The lowest BCUT2D eigenvalue weighted by Crippen LogP contribution is -2.42. The van der Waals surface area contributed by atoms with Crippen LogP contribution in [0.25, 0.3) is 0 Å². The molecular formula is C20H29NO4. The van der Waals surface area contributed by atoms with E-state index in [0.29, 0.717) is 5.75 Å². The predicted octanol–water partition coefficient (Wildman–Crippen LogP) is 3.45. The van der Waals surface area contributed by atoms with Gasteiger partial charge in [0.15, 0.2) is 12.7 Å². The summed E-state index contributed by atoms with van der Waals surface area (Å²) in [6.07, 6.45) is 5.94. The molecule has 5 nitrogen and oxygen atoms in total. The number of hydrogen-bond donors (Lipinski definition) is 1. The average Bonchev–Trinajstić information content (AvgIpc) is 2.84. The van der Waals surface area contributed by atoms with E-state index in [0.717, 1.165) is 36.8 Å². The third-order valence-electron chi connectivity index (χ3n) is 4.78. The molecule has 2 rings (SSSR count). The van der Waals surface area contributed by atoms with Gasteiger partial charge in [0.1, 0.15) is 5.75 Å². The van der Waals surface area contributed by atoms with Gasteiger partial charge in [-0.1, -0.05) is 37.8 Å². The van der Waals surface area contributed by atoms with Crippen molar-refractivity contribution in [1.29, 1.82) is 0 Å². The first-order chi connectivity index (χ1) is 12.0. The highest BCUT2D eigenvalue weighted by atomic mass is 16.6. The van der Waals surface area contributed by atoms with Crippen molar-refractivity contribution in [3.8, 4) is 5.75 Å². The van der Waals surface area contributed by atoms with Crippen molar-refractivity contribution in [2.75, 3.05) is 6.61 Å². The summed E-state index contributed by atoms with van der Waals surface area (Å²) in [5.41, 5.74) is 2.09. The third kappa shape index (κ3) is 6.07. The lowest BCUT2D eigenvalue weighted by atomic mass is 10.1. The van der Waals surface area contributed by atoms with Gasteiger partial charge in [0.25, 0.3) is 5.91 Å². The normalized spacial score (nSPS) is 16.6. The molecule has 0 radical (unpaired) electrons. The molecule has 5 heteroatoms. The maximum Gasteiger partial charge on any atom is 0.344 e. The summed E-state index contributed by atoms with van der Waals surface area (Å²) in [5.74, 6) is -0.107. The SMILES string of the molecule is Cc1cccc(OCC(=O)O[C@@H](C)C(=O)NC2CCCCCC2)c1C. The number of aryl methyl sites for hydroxylation is 1. The van der Waals surface area contributed by atoms with Crippen molar-refractivity contribution in [1.82, 2.24) is 5.32 Å². The smallest absolute Gasteiger partial charge is 0.344 e. The Morgan fingerprint density at radius 3 is 2.52 bits per heavy atom. The van der Waals surface area contributed by atoms with Crippen molar-refractivity contribution in [2.45, 2.75) is 71.4 Å². The average molecular weight is 347 g/mol. The van der Waals surface area contributed by atoms with Gasteiger partial charge in [-0.05, 0) is 50.8 Å². The fourth-order valence-electron chi connectivity index (χ4n) is 3.04. The Balaban J connectivity index is 1.76. The molecule has 0 unspecified atom stereocenters. The summed E-state index contributed by atoms with van der Waals surface area (Å²) in [5, 5.41) is 3.00. The second-order valence-corrected chi connectivity index (χ2v) is 6.82. The largest absolute Gasteiger partial charge is 0.482 e. The van der Waals surface area contributed by atoms with E-state index in [4.69, 9.17) is 9.47 Å². The van der Waals surface area contributed by atoms with Gasteiger partial charge in [-0.15, -0.1) is 0 Å². The highest BCUT2D eigenvalue weighted by Crippen LogP contribution is 2.20. The molecule has 1 aromatic carbocycles. The zero-order chi connectivity index (χ0) is 18.2. The van der Waals surface area contributed by atoms with E-state index in [9.17, 15) is 9.59 Å². The third-order valence-corrected chi connectivity index (χ3v) is 4.78. The van der Waals surface area contributed by atoms with E-state index in [2.05, 4.69) is 5.32 Å². The lowest BCUT2D eigenvalue weighted by Gasteiger charge is -2.19. The van der Waals surface area contributed by atoms with E-state index in [1.807, 2.05) is 32.0 Å². The van der Waals surface area contributed by atoms with Crippen LogP contribution >= 0.6 is 0 Å². The van der Waals surface area contributed by atoms with E-state index in [1.165, 1.54) is 12.8 Å². The Morgan fingerprint density at radius 1 is 1.16 bits per heavy atom. The molecule has 0 aromatic heterocycles. The second kappa shape index (κ2) is 9.44. The minimum Gasteiger partial charge on any atom is -0.482 e. The van der Waals surface area contributed by atoms with Gasteiger partial charge in [0.05, 0.1) is 0 Å². The van der Waals surface area contributed by atoms with Gasteiger partial charge in [0.2, 0.25) is 0 Å². The van der Waals surface area contributed by atoms with Crippen molar-refractivity contribution < 1.29 is 19.1 Å². The van der Waals surface area contributed by atoms with Gasteiger partial charge >= 0.3 is 5.97 Å². The number of benzene rings is 1. The van der Waals surface area contributed by atoms with Crippen LogP contribution in [0.15, 0.2) is 18.2 Å². The second-order valence-electron chi connectivity index (χ2n) is 6.82. The topological polar surface area (TPSA) is 64.6 Å². The van der Waals surface area contributed by atoms with Gasteiger partial charge in [-0.25, -0.2) is 4.79 Å². The van der Waals surface area contributed by atoms with Crippen LogP contribution in [0.4, 0.5) is 0 Å². The number of nitrogens with one attached hydrogen (secondary N) is 1. The van der Waals surface area contributed by atoms with Gasteiger partial charge in [-0.2, -0.15) is 0 Å². The van der Waals surface area contributed by atoms with Crippen LogP contribution in [0, 0.1) is 13.8 Å². The molecule has 0 bridgehead atoms. The first-order valence-electron chi connectivity index (χ1n) is 9.16. The quantitative estimate of drug-likeness (QED) is 0.632. The molecule has 0 heterocycles. The van der Waals surface area contributed by atoms with Crippen LogP contribution in [0.3, 0.4) is 0 Å². The van der Waals surface area contributed by atoms with Gasteiger partial charge in [-0.3, -0.25) is 4.79 Å². The highest BCUT2D eigenvalue weighted by molar-refractivity contribution is 5.83. The molecule has 1 aromatic rings. The number of esters is 1. The van der Waals surface area contributed by atoms with Crippen LogP contribution < -0.4 is 10.1 Å². The van der Waals surface area contributed by atoms with Crippen LogP contribution in [0.1, 0.15) is 56.6 Å². The molecule has 1 amide bonds. The number of carbonyl (C=O) groups excluding carboxylic acids is 2. The molecule has 1 atom stereocenters. The monoisotopic (exact) mass is 347 g/mol. The van der Waals surface area contributed by atoms with Crippen molar-refractivity contribution in [3.05, 3.63) is 29.3 Å². The maximum atomic E-state index is 12.2. The highest BCUT2D eigenvalue weighted by Gasteiger charge is 2.22. The standard InChI is InChI=1S/C20H29NO4/c1-14-9-8-12-18(15(14)2)24-13-19(22)25-16(3)20(23)21-17-10-6-4-5-7-11-17/h8-9,12,16-17H,4-7,10-11,13H2,1-3H3,(H,21,23)/t16-/m0/s1. The molecule has 1 aliphatic rings. The zero-order valence-electron chi connectivity index (χ0n) is 15.5. The number of hydrogen-bond acceptors (Lipinski definition) is 4. The molecule has 138 valence electrons. The maximum absolute atomic E-state index is 12.2. The minimum atomic E-state index is -0.807. The number of ether oxygens (including phenoxy) is 2. The van der Waals surface area contributed by atoms with E-state index < -0.39 is 12.1 Å². The summed E-state index contributed by atoms with van der Waals surface area (Å²) in [6.45, 7) is 5.33. The lowest BCUT2D eigenvalue weighted by molar-refractivity contribution is -0.156. The summed E-state index contributed by atoms with van der Waals surface area (Å²) < 4.78 is 10.7. The van der Waals surface area contributed by atoms with Crippen LogP contribution in [0.2, 0.25) is 0 Å². The Bertz CT molecular complexity index is 591. The van der Waals surface area contributed by atoms with Crippen molar-refractivity contribution >= 4 is 11.9 Å². The Hall–Kier alpha value is -2.04. The Morgan fingerprint density at radius 2 is 1.84 bits per heavy atom. The summed E-state index contributed by atoms with van der Waals surface area (Å²) >= 11 is 0. The molecule has 25 heavy (non-hydrogen) atoms. The number of rotatable bonds is 6. The Labute approximate surface area is 150 Å². The van der Waals surface area contributed by atoms with E-state index in [-0.39, 0.29) is 18.6 Å². The zero-order valence-corrected chi connectivity index (χ0v) is 15.5. The molecule has 1 fully saturated rings.